The highest BCUT2D eigenvalue weighted by molar-refractivity contribution is 7.92. The molecule has 1 amide bonds. The Morgan fingerprint density at radius 3 is 2.10 bits per heavy atom. The quantitative estimate of drug-likeness (QED) is 0.658. The molecule has 0 aliphatic heterocycles. The van der Waals surface area contributed by atoms with Crippen LogP contribution in [-0.4, -0.2) is 26.6 Å². The molecule has 0 unspecified atom stereocenters. The topological polar surface area (TPSA) is 66.5 Å². The first-order valence-corrected chi connectivity index (χ1v) is 12.3. The highest BCUT2D eigenvalue weighted by atomic mass is 32.2. The number of rotatable bonds is 8. The molecule has 0 radical (unpaired) electrons. The van der Waals surface area contributed by atoms with Crippen LogP contribution in [0.2, 0.25) is 0 Å². The third-order valence-corrected chi connectivity index (χ3v) is 6.78. The van der Waals surface area contributed by atoms with Crippen molar-refractivity contribution < 1.29 is 13.2 Å². The highest BCUT2D eigenvalue weighted by Gasteiger charge is 2.32. The minimum absolute atomic E-state index is 0.173. The van der Waals surface area contributed by atoms with Gasteiger partial charge in [0.2, 0.25) is 15.9 Å². The standard InChI is InChI=1S/C24H34N2O3S/c1-8-22(21-13-10-16(3)14-19(21)6)25-24(27)23(9-2)26(30(7,28)29)20-12-11-17(4)18(5)15-20/h10-15,22-23H,8-9H2,1-7H3,(H,25,27)/t22-,23-/m1/s1. The molecule has 0 bridgehead atoms. The summed E-state index contributed by atoms with van der Waals surface area (Å²) in [6, 6.07) is 10.7. The maximum atomic E-state index is 13.3. The van der Waals surface area contributed by atoms with Crippen LogP contribution in [0.15, 0.2) is 36.4 Å². The summed E-state index contributed by atoms with van der Waals surface area (Å²) < 4.78 is 26.6. The van der Waals surface area contributed by atoms with Crippen LogP contribution in [0.3, 0.4) is 0 Å². The summed E-state index contributed by atoms with van der Waals surface area (Å²) in [5, 5.41) is 3.10. The summed E-state index contributed by atoms with van der Waals surface area (Å²) in [5.41, 5.74) is 5.92. The first-order valence-electron chi connectivity index (χ1n) is 10.4. The van der Waals surface area contributed by atoms with Gasteiger partial charge < -0.3 is 5.32 Å². The maximum Gasteiger partial charge on any atom is 0.244 e. The number of nitrogens with zero attached hydrogens (tertiary/aromatic N) is 1. The molecule has 0 saturated carbocycles. The molecule has 0 aromatic heterocycles. The van der Waals surface area contributed by atoms with Gasteiger partial charge in [-0.15, -0.1) is 0 Å². The van der Waals surface area contributed by atoms with E-state index in [1.807, 2.05) is 65.8 Å². The Kier molecular flexibility index (Phi) is 7.70. The molecule has 2 aromatic rings. The molecule has 6 heteroatoms. The normalized spacial score (nSPS) is 13.6. The fourth-order valence-corrected chi connectivity index (χ4v) is 5.01. The number of amides is 1. The van der Waals surface area contributed by atoms with Crippen LogP contribution >= 0.6 is 0 Å². The minimum Gasteiger partial charge on any atom is -0.347 e. The molecule has 2 rings (SSSR count). The van der Waals surface area contributed by atoms with E-state index in [2.05, 4.69) is 11.4 Å². The van der Waals surface area contributed by atoms with E-state index in [9.17, 15) is 13.2 Å². The molecule has 30 heavy (non-hydrogen) atoms. The van der Waals surface area contributed by atoms with Gasteiger partial charge in [0.1, 0.15) is 6.04 Å². The van der Waals surface area contributed by atoms with Gasteiger partial charge in [0.15, 0.2) is 0 Å². The molecule has 2 atom stereocenters. The van der Waals surface area contributed by atoms with Gasteiger partial charge in [0, 0.05) is 0 Å². The molecule has 0 heterocycles. The van der Waals surface area contributed by atoms with Gasteiger partial charge in [0.05, 0.1) is 18.0 Å². The summed E-state index contributed by atoms with van der Waals surface area (Å²) >= 11 is 0. The van der Waals surface area contributed by atoms with Crippen LogP contribution in [0.25, 0.3) is 0 Å². The van der Waals surface area contributed by atoms with Gasteiger partial charge in [-0.3, -0.25) is 9.10 Å². The number of benzene rings is 2. The number of nitrogens with one attached hydrogen (secondary N) is 1. The van der Waals surface area contributed by atoms with Crippen LogP contribution in [-0.2, 0) is 14.8 Å². The van der Waals surface area contributed by atoms with Gasteiger partial charge in [-0.05, 0) is 74.9 Å². The third kappa shape index (κ3) is 5.42. The van der Waals surface area contributed by atoms with Gasteiger partial charge in [-0.25, -0.2) is 8.42 Å². The molecule has 164 valence electrons. The summed E-state index contributed by atoms with van der Waals surface area (Å²) in [5.74, 6) is -0.284. The van der Waals surface area contributed by atoms with Crippen LogP contribution in [0.4, 0.5) is 5.69 Å². The molecule has 0 aliphatic carbocycles. The monoisotopic (exact) mass is 430 g/mol. The molecule has 0 aliphatic rings. The van der Waals surface area contributed by atoms with Crippen molar-refractivity contribution in [2.75, 3.05) is 10.6 Å². The lowest BCUT2D eigenvalue weighted by molar-refractivity contribution is -0.123. The SMILES string of the molecule is CC[C@H](C(=O)N[C@H](CC)c1ccc(C)cc1C)N(c1ccc(C)c(C)c1)S(C)(=O)=O. The van der Waals surface area contributed by atoms with E-state index in [1.165, 1.54) is 9.87 Å². The number of carbonyl (C=O) groups is 1. The number of anilines is 1. The van der Waals surface area contributed by atoms with Crippen LogP contribution in [0.1, 0.15) is 60.5 Å². The third-order valence-electron chi connectivity index (χ3n) is 5.60. The second-order valence-corrected chi connectivity index (χ2v) is 9.94. The summed E-state index contributed by atoms with van der Waals surface area (Å²) in [7, 11) is -3.65. The first-order chi connectivity index (χ1) is 14.0. The average molecular weight is 431 g/mol. The Labute approximate surface area is 181 Å². The Hall–Kier alpha value is -2.34. The zero-order chi connectivity index (χ0) is 22.6. The lowest BCUT2D eigenvalue weighted by Gasteiger charge is -2.32. The molecule has 0 fully saturated rings. The largest absolute Gasteiger partial charge is 0.347 e. The second kappa shape index (κ2) is 9.65. The Morgan fingerprint density at radius 2 is 1.60 bits per heavy atom. The van der Waals surface area contributed by atoms with E-state index < -0.39 is 16.1 Å². The van der Waals surface area contributed by atoms with Crippen molar-refractivity contribution in [1.82, 2.24) is 5.32 Å². The predicted molar refractivity (Wildman–Crippen MR) is 124 cm³/mol. The molecule has 0 spiro atoms. The summed E-state index contributed by atoms with van der Waals surface area (Å²) in [4.78, 5) is 13.3. The van der Waals surface area contributed by atoms with Crippen molar-refractivity contribution in [1.29, 1.82) is 0 Å². The smallest absolute Gasteiger partial charge is 0.244 e. The lowest BCUT2D eigenvalue weighted by Crippen LogP contribution is -2.50. The molecule has 1 N–H and O–H groups in total. The number of hydrogen-bond acceptors (Lipinski definition) is 3. The average Bonchev–Trinajstić information content (AvgIpc) is 2.65. The number of carbonyl (C=O) groups excluding carboxylic acids is 1. The second-order valence-electron chi connectivity index (χ2n) is 8.08. The fraction of sp³-hybridized carbons (Fsp3) is 0.458. The Morgan fingerprint density at radius 1 is 0.933 bits per heavy atom. The van der Waals surface area contributed by atoms with Crippen LogP contribution < -0.4 is 9.62 Å². The molecule has 5 nitrogen and oxygen atoms in total. The van der Waals surface area contributed by atoms with E-state index in [-0.39, 0.29) is 11.9 Å². The van der Waals surface area contributed by atoms with Crippen LogP contribution in [0, 0.1) is 27.7 Å². The number of sulfonamides is 1. The number of hydrogen-bond donors (Lipinski definition) is 1. The number of aryl methyl sites for hydroxylation is 4. The maximum absolute atomic E-state index is 13.3. The lowest BCUT2D eigenvalue weighted by atomic mass is 9.97. The first kappa shape index (κ1) is 23.9. The van der Waals surface area contributed by atoms with E-state index in [1.54, 1.807) is 6.07 Å². The predicted octanol–water partition coefficient (Wildman–Crippen LogP) is 4.73. The molecule has 0 saturated heterocycles. The van der Waals surface area contributed by atoms with E-state index in [0.717, 1.165) is 28.5 Å². The van der Waals surface area contributed by atoms with Crippen molar-refractivity contribution in [2.24, 2.45) is 0 Å². The van der Waals surface area contributed by atoms with E-state index in [0.29, 0.717) is 18.5 Å². The van der Waals surface area contributed by atoms with Crippen molar-refractivity contribution in [3.63, 3.8) is 0 Å². The molecular weight excluding hydrogens is 396 g/mol. The zero-order valence-electron chi connectivity index (χ0n) is 19.1. The van der Waals surface area contributed by atoms with Gasteiger partial charge in [0.25, 0.3) is 0 Å². The van der Waals surface area contributed by atoms with Gasteiger partial charge in [-0.2, -0.15) is 0 Å². The minimum atomic E-state index is -3.65. The van der Waals surface area contributed by atoms with E-state index >= 15 is 0 Å². The summed E-state index contributed by atoms with van der Waals surface area (Å²) in [6.45, 7) is 11.8. The van der Waals surface area contributed by atoms with Crippen molar-refractivity contribution in [3.05, 3.63) is 64.2 Å². The van der Waals surface area contributed by atoms with Gasteiger partial charge in [-0.1, -0.05) is 43.7 Å². The molecule has 2 aromatic carbocycles. The summed E-state index contributed by atoms with van der Waals surface area (Å²) in [6.07, 6.45) is 2.24. The highest BCUT2D eigenvalue weighted by Crippen LogP contribution is 2.27. The van der Waals surface area contributed by atoms with Crippen LogP contribution in [0.5, 0.6) is 0 Å². The molecular formula is C24H34N2O3S. The van der Waals surface area contributed by atoms with Crippen molar-refractivity contribution in [3.8, 4) is 0 Å². The van der Waals surface area contributed by atoms with E-state index in [4.69, 9.17) is 0 Å². The Balaban J connectivity index is 2.40. The zero-order valence-corrected chi connectivity index (χ0v) is 19.9. The van der Waals surface area contributed by atoms with Gasteiger partial charge >= 0.3 is 0 Å². The van der Waals surface area contributed by atoms with Crippen molar-refractivity contribution in [2.45, 2.75) is 66.5 Å². The van der Waals surface area contributed by atoms with Crippen molar-refractivity contribution >= 4 is 21.6 Å². The fourth-order valence-electron chi connectivity index (χ4n) is 3.81. The Bertz CT molecular complexity index is 1020.